The Morgan fingerprint density at radius 1 is 1.47 bits per heavy atom. The Balaban J connectivity index is 1.68. The topological polar surface area (TPSA) is 35.6 Å². The summed E-state index contributed by atoms with van der Waals surface area (Å²) in [7, 11) is 0. The molecule has 0 spiro atoms. The standard InChI is InChI=1S/C14H21N3OS/c1-11(16-6-2-3-7-16)10-17-13(18)9-15-14(17)12-5-4-8-19-12/h4-5,8,11,14-15H,2-3,6-7,9-10H2,1H3. The van der Waals surface area contributed by atoms with Crippen LogP contribution in [0.2, 0.25) is 0 Å². The van der Waals surface area contributed by atoms with E-state index in [1.165, 1.54) is 30.8 Å². The molecule has 104 valence electrons. The second-order valence-electron chi connectivity index (χ2n) is 5.44. The lowest BCUT2D eigenvalue weighted by Crippen LogP contribution is -2.43. The molecule has 2 aliphatic heterocycles. The lowest BCUT2D eigenvalue weighted by molar-refractivity contribution is -0.128. The zero-order valence-electron chi connectivity index (χ0n) is 11.3. The molecule has 5 heteroatoms. The smallest absolute Gasteiger partial charge is 0.238 e. The number of hydrogen-bond donors (Lipinski definition) is 1. The van der Waals surface area contributed by atoms with Crippen LogP contribution in [0.5, 0.6) is 0 Å². The first-order chi connectivity index (χ1) is 9.25. The second kappa shape index (κ2) is 5.61. The molecular formula is C14H21N3OS. The third kappa shape index (κ3) is 2.68. The van der Waals surface area contributed by atoms with Crippen LogP contribution in [0.4, 0.5) is 0 Å². The molecule has 19 heavy (non-hydrogen) atoms. The number of nitrogens with zero attached hydrogens (tertiary/aromatic N) is 2. The zero-order chi connectivity index (χ0) is 13.2. The monoisotopic (exact) mass is 279 g/mol. The van der Waals surface area contributed by atoms with Crippen LogP contribution in [0, 0.1) is 0 Å². The highest BCUT2D eigenvalue weighted by Gasteiger charge is 2.34. The van der Waals surface area contributed by atoms with E-state index in [4.69, 9.17) is 0 Å². The zero-order valence-corrected chi connectivity index (χ0v) is 12.2. The van der Waals surface area contributed by atoms with Crippen LogP contribution in [-0.2, 0) is 4.79 Å². The van der Waals surface area contributed by atoms with Gasteiger partial charge in [-0.15, -0.1) is 11.3 Å². The molecule has 2 aliphatic rings. The molecule has 0 aromatic carbocycles. The summed E-state index contributed by atoms with van der Waals surface area (Å²) < 4.78 is 0. The van der Waals surface area contributed by atoms with Crippen molar-refractivity contribution in [3.63, 3.8) is 0 Å². The van der Waals surface area contributed by atoms with Crippen molar-refractivity contribution in [3.8, 4) is 0 Å². The highest BCUT2D eigenvalue weighted by molar-refractivity contribution is 7.10. The number of carbonyl (C=O) groups excluding carboxylic acids is 1. The van der Waals surface area contributed by atoms with E-state index >= 15 is 0 Å². The van der Waals surface area contributed by atoms with Crippen molar-refractivity contribution < 1.29 is 4.79 Å². The maximum Gasteiger partial charge on any atom is 0.238 e. The molecule has 0 aliphatic carbocycles. The molecule has 0 bridgehead atoms. The second-order valence-corrected chi connectivity index (χ2v) is 6.42. The highest BCUT2D eigenvalue weighted by atomic mass is 32.1. The fourth-order valence-electron chi connectivity index (χ4n) is 3.03. The molecule has 4 nitrogen and oxygen atoms in total. The van der Waals surface area contributed by atoms with E-state index in [0.29, 0.717) is 12.6 Å². The number of likely N-dealkylation sites (tertiary alicyclic amines) is 1. The first-order valence-electron chi connectivity index (χ1n) is 7.06. The third-order valence-corrected chi connectivity index (χ3v) is 5.04. The molecule has 2 atom stereocenters. The van der Waals surface area contributed by atoms with E-state index < -0.39 is 0 Å². The van der Waals surface area contributed by atoms with Gasteiger partial charge < -0.3 is 4.90 Å². The van der Waals surface area contributed by atoms with Gasteiger partial charge >= 0.3 is 0 Å². The van der Waals surface area contributed by atoms with Crippen molar-refractivity contribution in [1.29, 1.82) is 0 Å². The third-order valence-electron chi connectivity index (χ3n) is 4.12. The average Bonchev–Trinajstić information content (AvgIpc) is 3.10. The SMILES string of the molecule is CC(CN1C(=O)CNC1c1cccs1)N1CCCC1. The summed E-state index contributed by atoms with van der Waals surface area (Å²) in [6, 6.07) is 4.61. The van der Waals surface area contributed by atoms with Crippen molar-refractivity contribution in [1.82, 2.24) is 15.1 Å². The van der Waals surface area contributed by atoms with E-state index in [9.17, 15) is 4.79 Å². The lowest BCUT2D eigenvalue weighted by Gasteiger charge is -2.31. The summed E-state index contributed by atoms with van der Waals surface area (Å²) in [6.45, 7) is 5.90. The van der Waals surface area contributed by atoms with Gasteiger partial charge in [0.05, 0.1) is 6.54 Å². The number of thiophene rings is 1. The predicted octanol–water partition coefficient (Wildman–Crippen LogP) is 1.66. The number of nitrogens with one attached hydrogen (secondary N) is 1. The molecule has 1 amide bonds. The van der Waals surface area contributed by atoms with Crippen molar-refractivity contribution >= 4 is 17.2 Å². The van der Waals surface area contributed by atoms with Gasteiger partial charge in [-0.25, -0.2) is 0 Å². The minimum atomic E-state index is 0.0811. The van der Waals surface area contributed by atoms with Gasteiger partial charge in [0, 0.05) is 17.5 Å². The molecule has 1 aromatic rings. The van der Waals surface area contributed by atoms with Gasteiger partial charge in [0.25, 0.3) is 0 Å². The number of amides is 1. The van der Waals surface area contributed by atoms with Crippen LogP contribution in [0.1, 0.15) is 30.8 Å². The average molecular weight is 279 g/mol. The van der Waals surface area contributed by atoms with E-state index in [-0.39, 0.29) is 12.1 Å². The Kier molecular flexibility index (Phi) is 3.86. The van der Waals surface area contributed by atoms with Gasteiger partial charge in [0.2, 0.25) is 5.91 Å². The number of hydrogen-bond acceptors (Lipinski definition) is 4. The Labute approximate surface area is 118 Å². The highest BCUT2D eigenvalue weighted by Crippen LogP contribution is 2.27. The molecule has 0 saturated carbocycles. The van der Waals surface area contributed by atoms with E-state index in [2.05, 4.69) is 28.6 Å². The Hall–Kier alpha value is -0.910. The Bertz CT molecular complexity index is 428. The molecule has 2 saturated heterocycles. The summed E-state index contributed by atoms with van der Waals surface area (Å²) in [4.78, 5) is 17.8. The number of carbonyl (C=O) groups is 1. The first-order valence-corrected chi connectivity index (χ1v) is 7.94. The van der Waals surface area contributed by atoms with Gasteiger partial charge in [0.15, 0.2) is 0 Å². The summed E-state index contributed by atoms with van der Waals surface area (Å²) in [5.41, 5.74) is 0. The van der Waals surface area contributed by atoms with Gasteiger partial charge in [-0.2, -0.15) is 0 Å². The Morgan fingerprint density at radius 2 is 2.26 bits per heavy atom. The summed E-state index contributed by atoms with van der Waals surface area (Å²) in [6.07, 6.45) is 2.67. The molecular weight excluding hydrogens is 258 g/mol. The normalized spacial score (nSPS) is 26.3. The van der Waals surface area contributed by atoms with Crippen LogP contribution in [0.15, 0.2) is 17.5 Å². The van der Waals surface area contributed by atoms with Crippen LogP contribution in [0.3, 0.4) is 0 Å². The predicted molar refractivity (Wildman–Crippen MR) is 77.0 cm³/mol. The molecule has 0 radical (unpaired) electrons. The summed E-state index contributed by atoms with van der Waals surface area (Å²) in [5, 5.41) is 5.39. The van der Waals surface area contributed by atoms with Gasteiger partial charge in [-0.05, 0) is 44.3 Å². The molecule has 2 unspecified atom stereocenters. The van der Waals surface area contributed by atoms with Crippen molar-refractivity contribution in [2.75, 3.05) is 26.2 Å². The van der Waals surface area contributed by atoms with Crippen LogP contribution in [0.25, 0.3) is 0 Å². The fraction of sp³-hybridized carbons (Fsp3) is 0.643. The van der Waals surface area contributed by atoms with Gasteiger partial charge in [0.1, 0.15) is 6.17 Å². The summed E-state index contributed by atoms with van der Waals surface area (Å²) >= 11 is 1.72. The van der Waals surface area contributed by atoms with Gasteiger partial charge in [-0.3, -0.25) is 15.0 Å². The molecule has 1 aromatic heterocycles. The van der Waals surface area contributed by atoms with Crippen molar-refractivity contribution in [2.24, 2.45) is 0 Å². The molecule has 1 N–H and O–H groups in total. The Morgan fingerprint density at radius 3 is 2.95 bits per heavy atom. The van der Waals surface area contributed by atoms with Crippen LogP contribution in [-0.4, -0.2) is 47.9 Å². The van der Waals surface area contributed by atoms with Crippen LogP contribution < -0.4 is 5.32 Å². The minimum absolute atomic E-state index is 0.0811. The van der Waals surface area contributed by atoms with E-state index in [1.807, 2.05) is 11.0 Å². The quantitative estimate of drug-likeness (QED) is 0.910. The molecule has 3 heterocycles. The van der Waals surface area contributed by atoms with Gasteiger partial charge in [-0.1, -0.05) is 6.07 Å². The fourth-order valence-corrected chi connectivity index (χ4v) is 3.84. The summed E-state index contributed by atoms with van der Waals surface area (Å²) in [5.74, 6) is 0.226. The minimum Gasteiger partial charge on any atom is -0.319 e. The maximum atomic E-state index is 12.1. The van der Waals surface area contributed by atoms with E-state index in [1.54, 1.807) is 11.3 Å². The van der Waals surface area contributed by atoms with E-state index in [0.717, 1.165) is 6.54 Å². The van der Waals surface area contributed by atoms with Crippen molar-refractivity contribution in [3.05, 3.63) is 22.4 Å². The largest absolute Gasteiger partial charge is 0.319 e. The lowest BCUT2D eigenvalue weighted by atomic mass is 10.2. The molecule has 3 rings (SSSR count). The maximum absolute atomic E-state index is 12.1. The van der Waals surface area contributed by atoms with Crippen molar-refractivity contribution in [2.45, 2.75) is 32.0 Å². The van der Waals surface area contributed by atoms with Crippen LogP contribution >= 0.6 is 11.3 Å². The molecule has 2 fully saturated rings. The number of rotatable bonds is 4. The first kappa shape index (κ1) is 13.1.